The molecular formula is C12H18FNO. The second kappa shape index (κ2) is 5.12. The molecule has 2 unspecified atom stereocenters. The molecule has 0 amide bonds. The van der Waals surface area contributed by atoms with E-state index in [0.717, 1.165) is 5.69 Å². The van der Waals surface area contributed by atoms with Gasteiger partial charge >= 0.3 is 0 Å². The third kappa shape index (κ3) is 3.20. The molecule has 2 atom stereocenters. The second-order valence-corrected chi connectivity index (χ2v) is 3.84. The van der Waals surface area contributed by atoms with Crippen LogP contribution in [-0.4, -0.2) is 19.3 Å². The predicted molar refractivity (Wildman–Crippen MR) is 60.7 cm³/mol. The minimum absolute atomic E-state index is 0.121. The van der Waals surface area contributed by atoms with Gasteiger partial charge in [0.05, 0.1) is 6.10 Å². The van der Waals surface area contributed by atoms with Crippen molar-refractivity contribution in [3.8, 4) is 0 Å². The van der Waals surface area contributed by atoms with Gasteiger partial charge in [-0.3, -0.25) is 0 Å². The number of rotatable bonds is 4. The Morgan fingerprint density at radius 1 is 1.33 bits per heavy atom. The zero-order valence-corrected chi connectivity index (χ0v) is 9.67. The summed E-state index contributed by atoms with van der Waals surface area (Å²) in [4.78, 5) is 0. The van der Waals surface area contributed by atoms with Gasteiger partial charge in [-0.1, -0.05) is 0 Å². The van der Waals surface area contributed by atoms with E-state index in [-0.39, 0.29) is 18.0 Å². The highest BCUT2D eigenvalue weighted by Crippen LogP contribution is 2.15. The molecule has 0 spiro atoms. The summed E-state index contributed by atoms with van der Waals surface area (Å²) in [5.74, 6) is -0.173. The van der Waals surface area contributed by atoms with Gasteiger partial charge in [0, 0.05) is 18.8 Å². The number of hydrogen-bond acceptors (Lipinski definition) is 2. The molecule has 1 aromatic carbocycles. The lowest BCUT2D eigenvalue weighted by Crippen LogP contribution is -2.29. The van der Waals surface area contributed by atoms with Gasteiger partial charge in [0.2, 0.25) is 0 Å². The topological polar surface area (TPSA) is 21.3 Å². The van der Waals surface area contributed by atoms with E-state index >= 15 is 0 Å². The maximum atomic E-state index is 13.0. The maximum absolute atomic E-state index is 13.0. The Morgan fingerprint density at radius 2 is 2.00 bits per heavy atom. The van der Waals surface area contributed by atoms with Crippen LogP contribution < -0.4 is 5.32 Å². The van der Waals surface area contributed by atoms with Gasteiger partial charge in [0.15, 0.2) is 0 Å². The summed E-state index contributed by atoms with van der Waals surface area (Å²) in [5.41, 5.74) is 1.57. The number of methoxy groups -OCH3 is 1. The smallest absolute Gasteiger partial charge is 0.126 e. The molecule has 0 aliphatic carbocycles. The number of nitrogens with one attached hydrogen (secondary N) is 1. The van der Waals surface area contributed by atoms with Gasteiger partial charge in [-0.05, 0) is 44.5 Å². The average Bonchev–Trinajstić information content (AvgIpc) is 2.22. The van der Waals surface area contributed by atoms with Crippen LogP contribution >= 0.6 is 0 Å². The minimum atomic E-state index is -0.173. The van der Waals surface area contributed by atoms with Crippen molar-refractivity contribution in [3.05, 3.63) is 29.6 Å². The molecule has 0 bridgehead atoms. The van der Waals surface area contributed by atoms with Gasteiger partial charge < -0.3 is 10.1 Å². The van der Waals surface area contributed by atoms with E-state index in [1.54, 1.807) is 26.2 Å². The van der Waals surface area contributed by atoms with Crippen LogP contribution in [0.4, 0.5) is 10.1 Å². The Bertz CT molecular complexity index is 327. The number of halogens is 1. The first-order valence-electron chi connectivity index (χ1n) is 5.10. The normalized spacial score (nSPS) is 14.7. The highest BCUT2D eigenvalue weighted by atomic mass is 19.1. The molecule has 0 heterocycles. The Kier molecular flexibility index (Phi) is 4.09. The van der Waals surface area contributed by atoms with Gasteiger partial charge in [-0.25, -0.2) is 4.39 Å². The lowest BCUT2D eigenvalue weighted by Gasteiger charge is -2.21. The van der Waals surface area contributed by atoms with E-state index in [0.29, 0.717) is 5.56 Å². The Hall–Kier alpha value is -1.09. The van der Waals surface area contributed by atoms with Crippen LogP contribution in [0.15, 0.2) is 18.2 Å². The summed E-state index contributed by atoms with van der Waals surface area (Å²) >= 11 is 0. The fourth-order valence-corrected chi connectivity index (χ4v) is 1.32. The molecule has 84 valence electrons. The third-order valence-electron chi connectivity index (χ3n) is 2.63. The number of anilines is 1. The average molecular weight is 211 g/mol. The molecule has 1 rings (SSSR count). The third-order valence-corrected chi connectivity index (χ3v) is 2.63. The zero-order valence-electron chi connectivity index (χ0n) is 9.67. The molecule has 2 nitrogen and oxygen atoms in total. The van der Waals surface area contributed by atoms with Crippen molar-refractivity contribution in [1.82, 2.24) is 0 Å². The quantitative estimate of drug-likeness (QED) is 0.826. The maximum Gasteiger partial charge on any atom is 0.126 e. The van der Waals surface area contributed by atoms with Crippen LogP contribution in [0, 0.1) is 12.7 Å². The highest BCUT2D eigenvalue weighted by molar-refractivity contribution is 5.46. The summed E-state index contributed by atoms with van der Waals surface area (Å²) in [6.45, 7) is 5.78. The summed E-state index contributed by atoms with van der Waals surface area (Å²) < 4.78 is 18.2. The van der Waals surface area contributed by atoms with E-state index in [1.807, 2.05) is 13.8 Å². The Labute approximate surface area is 90.4 Å². The lowest BCUT2D eigenvalue weighted by atomic mass is 10.1. The number of hydrogen-bond donors (Lipinski definition) is 1. The molecule has 0 saturated carbocycles. The summed E-state index contributed by atoms with van der Waals surface area (Å²) in [6, 6.07) is 5.21. The van der Waals surface area contributed by atoms with Crippen molar-refractivity contribution in [1.29, 1.82) is 0 Å². The van der Waals surface area contributed by atoms with Crippen LogP contribution in [0.3, 0.4) is 0 Å². The largest absolute Gasteiger partial charge is 0.380 e. The first-order chi connectivity index (χ1) is 7.04. The fraction of sp³-hybridized carbons (Fsp3) is 0.500. The zero-order chi connectivity index (χ0) is 11.4. The SMILES string of the molecule is COC(C)C(C)Nc1ccc(F)c(C)c1. The standard InChI is InChI=1S/C12H18FNO/c1-8-7-11(5-6-12(8)13)14-9(2)10(3)15-4/h5-7,9-10,14H,1-4H3. The van der Waals surface area contributed by atoms with E-state index in [4.69, 9.17) is 4.74 Å². The van der Waals surface area contributed by atoms with Crippen LogP contribution in [0.25, 0.3) is 0 Å². The van der Waals surface area contributed by atoms with Crippen molar-refractivity contribution in [2.45, 2.75) is 32.9 Å². The van der Waals surface area contributed by atoms with Crippen molar-refractivity contribution < 1.29 is 9.13 Å². The molecule has 0 saturated heterocycles. The van der Waals surface area contributed by atoms with Crippen molar-refractivity contribution >= 4 is 5.69 Å². The van der Waals surface area contributed by atoms with Crippen LogP contribution in [0.2, 0.25) is 0 Å². The van der Waals surface area contributed by atoms with Crippen LogP contribution in [0.1, 0.15) is 19.4 Å². The van der Waals surface area contributed by atoms with Crippen LogP contribution in [-0.2, 0) is 4.74 Å². The van der Waals surface area contributed by atoms with E-state index in [1.165, 1.54) is 6.07 Å². The van der Waals surface area contributed by atoms with Crippen LogP contribution in [0.5, 0.6) is 0 Å². The first-order valence-corrected chi connectivity index (χ1v) is 5.10. The van der Waals surface area contributed by atoms with Gasteiger partial charge in [0.1, 0.15) is 5.82 Å². The molecule has 0 radical (unpaired) electrons. The molecular weight excluding hydrogens is 193 g/mol. The van der Waals surface area contributed by atoms with Crippen molar-refractivity contribution in [2.75, 3.05) is 12.4 Å². The van der Waals surface area contributed by atoms with E-state index in [2.05, 4.69) is 5.32 Å². The lowest BCUT2D eigenvalue weighted by molar-refractivity contribution is 0.106. The van der Waals surface area contributed by atoms with Gasteiger partial charge in [-0.15, -0.1) is 0 Å². The van der Waals surface area contributed by atoms with E-state index < -0.39 is 0 Å². The fourth-order valence-electron chi connectivity index (χ4n) is 1.32. The second-order valence-electron chi connectivity index (χ2n) is 3.84. The Balaban J connectivity index is 2.68. The minimum Gasteiger partial charge on any atom is -0.380 e. The number of benzene rings is 1. The molecule has 0 fully saturated rings. The summed E-state index contributed by atoms with van der Waals surface area (Å²) in [5, 5.41) is 3.27. The monoisotopic (exact) mass is 211 g/mol. The highest BCUT2D eigenvalue weighted by Gasteiger charge is 2.10. The van der Waals surface area contributed by atoms with E-state index in [9.17, 15) is 4.39 Å². The molecule has 1 aromatic rings. The first kappa shape index (κ1) is 12.0. The predicted octanol–water partition coefficient (Wildman–Crippen LogP) is 2.97. The molecule has 0 aliphatic heterocycles. The van der Waals surface area contributed by atoms with Crippen molar-refractivity contribution in [3.63, 3.8) is 0 Å². The van der Waals surface area contributed by atoms with Gasteiger partial charge in [-0.2, -0.15) is 0 Å². The molecule has 3 heteroatoms. The van der Waals surface area contributed by atoms with Crippen molar-refractivity contribution in [2.24, 2.45) is 0 Å². The molecule has 0 aromatic heterocycles. The summed E-state index contributed by atoms with van der Waals surface area (Å²) in [6.07, 6.45) is 0.121. The van der Waals surface area contributed by atoms with Gasteiger partial charge in [0.25, 0.3) is 0 Å². The molecule has 1 N–H and O–H groups in total. The molecule has 0 aliphatic rings. The molecule has 15 heavy (non-hydrogen) atoms. The number of aryl methyl sites for hydroxylation is 1. The number of ether oxygens (including phenoxy) is 1. The Morgan fingerprint density at radius 3 is 2.53 bits per heavy atom. The summed E-state index contributed by atoms with van der Waals surface area (Å²) in [7, 11) is 1.68.